The highest BCUT2D eigenvalue weighted by atomic mass is 19.4. The molecule has 0 amide bonds. The zero-order valence-electron chi connectivity index (χ0n) is 12.0. The fraction of sp³-hybridized carbons (Fsp3) is 0.294. The van der Waals surface area contributed by atoms with E-state index < -0.39 is 11.7 Å². The van der Waals surface area contributed by atoms with Crippen LogP contribution in [0.3, 0.4) is 0 Å². The van der Waals surface area contributed by atoms with E-state index in [9.17, 15) is 13.2 Å². The van der Waals surface area contributed by atoms with Crippen LogP contribution in [0.4, 0.5) is 13.2 Å². The van der Waals surface area contributed by atoms with Gasteiger partial charge in [-0.2, -0.15) is 13.2 Å². The monoisotopic (exact) mass is 293 g/mol. The van der Waals surface area contributed by atoms with E-state index in [-0.39, 0.29) is 6.04 Å². The molecule has 0 fully saturated rings. The number of hydrogen-bond acceptors (Lipinski definition) is 1. The van der Waals surface area contributed by atoms with Crippen LogP contribution in [0.5, 0.6) is 0 Å². The maximum atomic E-state index is 12.8. The van der Waals surface area contributed by atoms with Crippen molar-refractivity contribution < 1.29 is 13.2 Å². The summed E-state index contributed by atoms with van der Waals surface area (Å²) >= 11 is 0. The van der Waals surface area contributed by atoms with Crippen molar-refractivity contribution in [2.45, 2.75) is 25.6 Å². The van der Waals surface area contributed by atoms with Gasteiger partial charge in [0.05, 0.1) is 5.56 Å². The van der Waals surface area contributed by atoms with E-state index in [4.69, 9.17) is 0 Å². The van der Waals surface area contributed by atoms with Crippen LogP contribution in [-0.2, 0) is 12.6 Å². The largest absolute Gasteiger partial charge is 0.416 e. The molecule has 0 aliphatic rings. The SMILES string of the molecule is CNC(Cc1cccc(C(F)(F)F)c1)c1ccccc1C. The third kappa shape index (κ3) is 3.85. The fourth-order valence-electron chi connectivity index (χ4n) is 2.46. The van der Waals surface area contributed by atoms with Gasteiger partial charge < -0.3 is 5.32 Å². The molecule has 1 nitrogen and oxygen atoms in total. The van der Waals surface area contributed by atoms with Gasteiger partial charge in [-0.15, -0.1) is 0 Å². The second-order valence-corrected chi connectivity index (χ2v) is 5.10. The Bertz CT molecular complexity index is 605. The smallest absolute Gasteiger partial charge is 0.313 e. The van der Waals surface area contributed by atoms with Gasteiger partial charge in [0.2, 0.25) is 0 Å². The summed E-state index contributed by atoms with van der Waals surface area (Å²) in [5, 5.41) is 3.18. The molecule has 2 aromatic rings. The lowest BCUT2D eigenvalue weighted by atomic mass is 9.95. The Morgan fingerprint density at radius 1 is 1.05 bits per heavy atom. The van der Waals surface area contributed by atoms with Crippen LogP contribution in [0.1, 0.15) is 28.3 Å². The van der Waals surface area contributed by atoms with E-state index in [1.165, 1.54) is 12.1 Å². The summed E-state index contributed by atoms with van der Waals surface area (Å²) in [4.78, 5) is 0. The molecule has 4 heteroatoms. The van der Waals surface area contributed by atoms with E-state index >= 15 is 0 Å². The Morgan fingerprint density at radius 2 is 1.76 bits per heavy atom. The van der Waals surface area contributed by atoms with Gasteiger partial charge in [-0.25, -0.2) is 0 Å². The van der Waals surface area contributed by atoms with E-state index in [1.807, 2.05) is 38.2 Å². The first-order valence-corrected chi connectivity index (χ1v) is 6.80. The Hall–Kier alpha value is -1.81. The number of rotatable bonds is 4. The number of halogens is 3. The molecular weight excluding hydrogens is 275 g/mol. The number of aryl methyl sites for hydroxylation is 1. The average molecular weight is 293 g/mol. The highest BCUT2D eigenvalue weighted by Crippen LogP contribution is 2.30. The lowest BCUT2D eigenvalue weighted by Gasteiger charge is -2.19. The number of benzene rings is 2. The molecule has 0 saturated heterocycles. The Kier molecular flexibility index (Phi) is 4.68. The van der Waals surface area contributed by atoms with Crippen molar-refractivity contribution in [3.05, 3.63) is 70.8 Å². The first-order chi connectivity index (χ1) is 9.91. The second kappa shape index (κ2) is 6.31. The molecule has 0 aliphatic heterocycles. The van der Waals surface area contributed by atoms with Crippen LogP contribution >= 0.6 is 0 Å². The average Bonchev–Trinajstić information content (AvgIpc) is 2.45. The van der Waals surface area contributed by atoms with Gasteiger partial charge in [-0.1, -0.05) is 42.5 Å². The molecule has 0 bridgehead atoms. The minimum absolute atomic E-state index is 0.00492. The summed E-state index contributed by atoms with van der Waals surface area (Å²) in [5.74, 6) is 0. The van der Waals surface area contributed by atoms with E-state index in [0.717, 1.165) is 17.2 Å². The maximum Gasteiger partial charge on any atom is 0.416 e. The summed E-state index contributed by atoms with van der Waals surface area (Å²) in [5.41, 5.74) is 2.31. The summed E-state index contributed by atoms with van der Waals surface area (Å²) in [6.07, 6.45) is -3.78. The molecule has 0 aliphatic carbocycles. The third-order valence-corrected chi connectivity index (χ3v) is 3.61. The summed E-state index contributed by atoms with van der Waals surface area (Å²) in [6.45, 7) is 2.01. The lowest BCUT2D eigenvalue weighted by Crippen LogP contribution is -2.20. The predicted octanol–water partition coefficient (Wildman–Crippen LogP) is 4.52. The maximum absolute atomic E-state index is 12.8. The second-order valence-electron chi connectivity index (χ2n) is 5.10. The number of hydrogen-bond donors (Lipinski definition) is 1. The van der Waals surface area contributed by atoms with Crippen LogP contribution < -0.4 is 5.32 Å². The molecular formula is C17H18F3N. The van der Waals surface area contributed by atoms with Gasteiger partial charge in [0.15, 0.2) is 0 Å². The van der Waals surface area contributed by atoms with Gasteiger partial charge in [-0.3, -0.25) is 0 Å². The minimum atomic E-state index is -4.30. The van der Waals surface area contributed by atoms with Crippen molar-refractivity contribution in [2.75, 3.05) is 7.05 Å². The summed E-state index contributed by atoms with van der Waals surface area (Å²) in [7, 11) is 1.82. The van der Waals surface area contributed by atoms with Gasteiger partial charge in [-0.05, 0) is 43.1 Å². The van der Waals surface area contributed by atoms with Crippen LogP contribution in [0.2, 0.25) is 0 Å². The van der Waals surface area contributed by atoms with Gasteiger partial charge in [0.1, 0.15) is 0 Å². The molecule has 2 rings (SSSR count). The number of alkyl halides is 3. The highest BCUT2D eigenvalue weighted by Gasteiger charge is 2.30. The van der Waals surface area contributed by atoms with Crippen molar-refractivity contribution in [3.63, 3.8) is 0 Å². The Labute approximate surface area is 122 Å². The normalized spacial score (nSPS) is 13.2. The first kappa shape index (κ1) is 15.6. The minimum Gasteiger partial charge on any atom is -0.313 e. The van der Waals surface area contributed by atoms with E-state index in [1.54, 1.807) is 6.07 Å². The van der Waals surface area contributed by atoms with Crippen molar-refractivity contribution in [2.24, 2.45) is 0 Å². The molecule has 1 N–H and O–H groups in total. The van der Waals surface area contributed by atoms with Crippen molar-refractivity contribution >= 4 is 0 Å². The van der Waals surface area contributed by atoms with Crippen LogP contribution in [0.15, 0.2) is 48.5 Å². The fourth-order valence-corrected chi connectivity index (χ4v) is 2.46. The molecule has 112 valence electrons. The summed E-state index contributed by atoms with van der Waals surface area (Å²) < 4.78 is 38.3. The van der Waals surface area contributed by atoms with Crippen LogP contribution in [0, 0.1) is 6.92 Å². The van der Waals surface area contributed by atoms with Crippen molar-refractivity contribution in [1.29, 1.82) is 0 Å². The highest BCUT2D eigenvalue weighted by molar-refractivity contribution is 5.32. The van der Waals surface area contributed by atoms with Crippen LogP contribution in [-0.4, -0.2) is 7.05 Å². The van der Waals surface area contributed by atoms with Gasteiger partial charge in [0.25, 0.3) is 0 Å². The standard InChI is InChI=1S/C17H18F3N/c1-12-6-3-4-9-15(12)16(21-2)11-13-7-5-8-14(10-13)17(18,19)20/h3-10,16,21H,11H2,1-2H3. The number of nitrogens with one attached hydrogen (secondary N) is 1. The number of likely N-dealkylation sites (N-methyl/N-ethyl adjacent to an activating group) is 1. The predicted molar refractivity (Wildman–Crippen MR) is 78.1 cm³/mol. The topological polar surface area (TPSA) is 12.0 Å². The molecule has 0 saturated carbocycles. The zero-order valence-corrected chi connectivity index (χ0v) is 12.0. The molecule has 1 atom stereocenters. The molecule has 0 aromatic heterocycles. The zero-order chi connectivity index (χ0) is 15.5. The molecule has 2 aromatic carbocycles. The molecule has 0 radical (unpaired) electrons. The van der Waals surface area contributed by atoms with Gasteiger partial charge in [0, 0.05) is 6.04 Å². The lowest BCUT2D eigenvalue weighted by molar-refractivity contribution is -0.137. The van der Waals surface area contributed by atoms with Crippen LogP contribution in [0.25, 0.3) is 0 Å². The summed E-state index contributed by atoms with van der Waals surface area (Å²) in [6, 6.07) is 13.4. The molecule has 0 spiro atoms. The van der Waals surface area contributed by atoms with Crippen molar-refractivity contribution in [3.8, 4) is 0 Å². The Morgan fingerprint density at radius 3 is 2.38 bits per heavy atom. The molecule has 0 heterocycles. The molecule has 21 heavy (non-hydrogen) atoms. The quantitative estimate of drug-likeness (QED) is 0.874. The third-order valence-electron chi connectivity index (χ3n) is 3.61. The first-order valence-electron chi connectivity index (χ1n) is 6.80. The van der Waals surface area contributed by atoms with E-state index in [0.29, 0.717) is 12.0 Å². The van der Waals surface area contributed by atoms with Gasteiger partial charge >= 0.3 is 6.18 Å². The van der Waals surface area contributed by atoms with E-state index in [2.05, 4.69) is 5.32 Å². The Balaban J connectivity index is 2.26. The van der Waals surface area contributed by atoms with Crippen molar-refractivity contribution in [1.82, 2.24) is 5.32 Å². The molecule has 1 unspecified atom stereocenters.